The van der Waals surface area contributed by atoms with Crippen LogP contribution in [0.5, 0.6) is 0 Å². The maximum atomic E-state index is 12.6. The molecule has 5 heteroatoms. The highest BCUT2D eigenvalue weighted by molar-refractivity contribution is 6.00. The molecule has 1 aliphatic carbocycles. The Kier molecular flexibility index (Phi) is 3.44. The summed E-state index contributed by atoms with van der Waals surface area (Å²) in [6.07, 6.45) is 5.06. The van der Waals surface area contributed by atoms with Crippen LogP contribution in [0.3, 0.4) is 0 Å². The second kappa shape index (κ2) is 5.51. The van der Waals surface area contributed by atoms with E-state index in [-0.39, 0.29) is 17.6 Å². The topological polar surface area (TPSA) is 69.2 Å². The van der Waals surface area contributed by atoms with Gasteiger partial charge < -0.3 is 15.0 Å². The molecule has 1 aromatic carbocycles. The number of aliphatic hydroxyl groups is 1. The fourth-order valence-corrected chi connectivity index (χ4v) is 3.61. The summed E-state index contributed by atoms with van der Waals surface area (Å²) in [7, 11) is 0. The number of hydrogen-bond donors (Lipinski definition) is 2. The number of anilines is 1. The van der Waals surface area contributed by atoms with E-state index >= 15 is 0 Å². The lowest BCUT2D eigenvalue weighted by atomic mass is 9.96. The quantitative estimate of drug-likeness (QED) is 0.877. The molecule has 2 heterocycles. The minimum atomic E-state index is -0.100. The molecular weight excluding hydrogens is 302 g/mol. The Hall–Kier alpha value is -2.56. The van der Waals surface area contributed by atoms with Gasteiger partial charge in [0.1, 0.15) is 5.76 Å². The molecule has 0 amide bonds. The van der Waals surface area contributed by atoms with Gasteiger partial charge in [0.2, 0.25) is 0 Å². The maximum Gasteiger partial charge on any atom is 0.164 e. The lowest BCUT2D eigenvalue weighted by molar-refractivity contribution is -0.116. The molecule has 1 unspecified atom stereocenters. The van der Waals surface area contributed by atoms with Crippen LogP contribution in [-0.2, 0) is 4.79 Å². The molecule has 0 saturated heterocycles. The van der Waals surface area contributed by atoms with Crippen molar-refractivity contribution in [3.8, 4) is 0 Å². The van der Waals surface area contributed by atoms with E-state index < -0.39 is 0 Å². The van der Waals surface area contributed by atoms with Gasteiger partial charge in [-0.05, 0) is 43.4 Å². The van der Waals surface area contributed by atoms with Gasteiger partial charge in [0.15, 0.2) is 5.78 Å². The Labute approximate surface area is 140 Å². The molecule has 1 aliphatic heterocycles. The molecule has 124 valence electrons. The molecule has 0 bridgehead atoms. The number of benzene rings is 1. The molecule has 2 aliphatic rings. The second-order valence-electron chi connectivity index (χ2n) is 6.64. The van der Waals surface area contributed by atoms with Crippen molar-refractivity contribution in [2.45, 2.75) is 38.6 Å². The summed E-state index contributed by atoms with van der Waals surface area (Å²) in [6.45, 7) is 6.04. The largest absolute Gasteiger partial charge is 0.505 e. The third-order valence-corrected chi connectivity index (χ3v) is 4.92. The summed E-state index contributed by atoms with van der Waals surface area (Å²) in [5, 5.41) is 10.6. The number of H-pyrrole nitrogens is 1. The number of Topliss-reactive ketones (excluding diaryl/α,β-unsaturated/α-hetero) is 1. The average molecular weight is 323 g/mol. The first-order chi connectivity index (χ1) is 11.6. The van der Waals surface area contributed by atoms with Crippen LogP contribution in [0, 0.1) is 5.92 Å². The third-order valence-electron chi connectivity index (χ3n) is 4.92. The molecule has 1 atom stereocenters. The van der Waals surface area contributed by atoms with E-state index in [1.807, 2.05) is 30.0 Å². The van der Waals surface area contributed by atoms with E-state index in [0.29, 0.717) is 23.6 Å². The Morgan fingerprint density at radius 3 is 2.96 bits per heavy atom. The minimum Gasteiger partial charge on any atom is -0.505 e. The van der Waals surface area contributed by atoms with Crippen molar-refractivity contribution in [2.24, 2.45) is 5.92 Å². The van der Waals surface area contributed by atoms with Crippen LogP contribution in [0.15, 0.2) is 48.1 Å². The molecule has 1 saturated carbocycles. The van der Waals surface area contributed by atoms with Crippen LogP contribution in [0.1, 0.15) is 32.6 Å². The van der Waals surface area contributed by atoms with E-state index in [4.69, 9.17) is 0 Å². The zero-order valence-electron chi connectivity index (χ0n) is 13.7. The van der Waals surface area contributed by atoms with Gasteiger partial charge in [-0.1, -0.05) is 13.5 Å². The van der Waals surface area contributed by atoms with E-state index in [2.05, 4.69) is 16.5 Å². The van der Waals surface area contributed by atoms with Crippen LogP contribution in [0.25, 0.3) is 11.0 Å². The highest BCUT2D eigenvalue weighted by Crippen LogP contribution is 2.47. The Morgan fingerprint density at radius 2 is 2.25 bits per heavy atom. The van der Waals surface area contributed by atoms with Crippen molar-refractivity contribution in [3.05, 3.63) is 48.1 Å². The lowest BCUT2D eigenvalue weighted by Crippen LogP contribution is -2.34. The first-order valence-electron chi connectivity index (χ1n) is 8.49. The van der Waals surface area contributed by atoms with Gasteiger partial charge >= 0.3 is 0 Å². The van der Waals surface area contributed by atoms with Gasteiger partial charge in [-0.15, -0.1) is 0 Å². The van der Waals surface area contributed by atoms with Crippen molar-refractivity contribution < 1.29 is 9.90 Å². The number of ketones is 1. The van der Waals surface area contributed by atoms with Crippen LogP contribution in [0.4, 0.5) is 5.69 Å². The van der Waals surface area contributed by atoms with Gasteiger partial charge in [-0.25, -0.2) is 4.98 Å². The van der Waals surface area contributed by atoms with Gasteiger partial charge in [-0.2, -0.15) is 0 Å². The summed E-state index contributed by atoms with van der Waals surface area (Å²) in [5.74, 6) is 0.507. The number of nitrogens with zero attached hydrogens (tertiary/aromatic N) is 2. The third kappa shape index (κ3) is 2.23. The molecule has 2 N–H and O–H groups in total. The SMILES string of the molecule is C=C1C(O)=C(C(=O)CCC)C(C2CC2)N1c1ccc2nc[nH]c2c1. The van der Waals surface area contributed by atoms with Gasteiger partial charge in [0.05, 0.1) is 34.7 Å². The number of fused-ring (bicyclic) bond motifs is 1. The van der Waals surface area contributed by atoms with Crippen LogP contribution in [0.2, 0.25) is 0 Å². The first kappa shape index (κ1) is 15.0. The number of hydrogen-bond acceptors (Lipinski definition) is 4. The van der Waals surface area contributed by atoms with E-state index in [0.717, 1.165) is 36.0 Å². The summed E-state index contributed by atoms with van der Waals surface area (Å²) in [5.41, 5.74) is 3.83. The fraction of sp³-hybridized carbons (Fsp3) is 0.368. The highest BCUT2D eigenvalue weighted by Gasteiger charge is 2.47. The molecule has 0 spiro atoms. The Bertz CT molecular complexity index is 860. The van der Waals surface area contributed by atoms with E-state index in [1.165, 1.54) is 0 Å². The lowest BCUT2D eigenvalue weighted by Gasteiger charge is -2.29. The van der Waals surface area contributed by atoms with Crippen molar-refractivity contribution in [1.82, 2.24) is 9.97 Å². The fourth-order valence-electron chi connectivity index (χ4n) is 3.61. The maximum absolute atomic E-state index is 12.6. The zero-order valence-corrected chi connectivity index (χ0v) is 13.7. The van der Waals surface area contributed by atoms with Crippen molar-refractivity contribution in [3.63, 3.8) is 0 Å². The number of aliphatic hydroxyl groups excluding tert-OH is 1. The average Bonchev–Trinajstić information content (AvgIpc) is 3.24. The van der Waals surface area contributed by atoms with Crippen molar-refractivity contribution in [2.75, 3.05) is 4.90 Å². The second-order valence-corrected chi connectivity index (χ2v) is 6.64. The number of carbonyl (C=O) groups excluding carboxylic acids is 1. The molecule has 2 aromatic rings. The molecule has 4 rings (SSSR count). The standard InChI is InChI=1S/C19H21N3O2/c1-3-4-16(23)17-18(12-5-6-12)22(11(2)19(17)24)13-7-8-14-15(9-13)21-10-20-14/h7-10,12,18,24H,2-6H2,1H3,(H,20,21). The van der Waals surface area contributed by atoms with Gasteiger partial charge in [0, 0.05) is 12.1 Å². The van der Waals surface area contributed by atoms with E-state index in [9.17, 15) is 9.90 Å². The molecule has 1 fully saturated rings. The minimum absolute atomic E-state index is 0.0400. The highest BCUT2D eigenvalue weighted by atomic mass is 16.3. The normalized spacial score (nSPS) is 21.1. The van der Waals surface area contributed by atoms with Crippen LogP contribution >= 0.6 is 0 Å². The number of aromatic nitrogens is 2. The van der Waals surface area contributed by atoms with Gasteiger partial charge in [0.25, 0.3) is 0 Å². The molecular formula is C19H21N3O2. The number of carbonyl (C=O) groups is 1. The number of aromatic amines is 1. The Morgan fingerprint density at radius 1 is 1.46 bits per heavy atom. The van der Waals surface area contributed by atoms with Crippen LogP contribution < -0.4 is 4.90 Å². The Balaban J connectivity index is 1.77. The van der Waals surface area contributed by atoms with Gasteiger partial charge in [-0.3, -0.25) is 4.79 Å². The molecule has 5 nitrogen and oxygen atoms in total. The molecule has 0 radical (unpaired) electrons. The summed E-state index contributed by atoms with van der Waals surface area (Å²) < 4.78 is 0. The first-order valence-corrected chi connectivity index (χ1v) is 8.49. The van der Waals surface area contributed by atoms with Crippen LogP contribution in [-0.4, -0.2) is 26.9 Å². The summed E-state index contributed by atoms with van der Waals surface area (Å²) >= 11 is 0. The van der Waals surface area contributed by atoms with Crippen molar-refractivity contribution in [1.29, 1.82) is 0 Å². The van der Waals surface area contributed by atoms with E-state index in [1.54, 1.807) is 6.33 Å². The molecule has 24 heavy (non-hydrogen) atoms. The summed E-state index contributed by atoms with van der Waals surface area (Å²) in [4.78, 5) is 22.0. The number of imidazole rings is 1. The summed E-state index contributed by atoms with van der Waals surface area (Å²) in [6, 6.07) is 5.83. The monoisotopic (exact) mass is 323 g/mol. The number of rotatable bonds is 5. The zero-order chi connectivity index (χ0) is 16.8. The molecule has 1 aromatic heterocycles. The predicted molar refractivity (Wildman–Crippen MR) is 93.8 cm³/mol. The number of nitrogens with one attached hydrogen (secondary N) is 1. The smallest absolute Gasteiger partial charge is 0.164 e. The van der Waals surface area contributed by atoms with Crippen molar-refractivity contribution >= 4 is 22.5 Å². The predicted octanol–water partition coefficient (Wildman–Crippen LogP) is 3.86.